The summed E-state index contributed by atoms with van der Waals surface area (Å²) in [7, 11) is 0. The Hall–Kier alpha value is -2.92. The Kier molecular flexibility index (Phi) is 5.49. The fourth-order valence-electron chi connectivity index (χ4n) is 2.70. The molecular weight excluding hydrogens is 346 g/mol. The molecule has 3 rings (SSSR count). The van der Waals surface area contributed by atoms with Gasteiger partial charge in [0.05, 0.1) is 11.5 Å². The summed E-state index contributed by atoms with van der Waals surface area (Å²) in [5.41, 5.74) is 2.68. The van der Waals surface area contributed by atoms with Crippen molar-refractivity contribution >= 4 is 33.8 Å². The lowest BCUT2D eigenvalue weighted by Crippen LogP contribution is -2.08. The number of esters is 1. The number of carbonyl (C=O) groups excluding carboxylic acids is 2. The summed E-state index contributed by atoms with van der Waals surface area (Å²) in [5.74, 6) is -0.519. The zero-order chi connectivity index (χ0) is 18.5. The van der Waals surface area contributed by atoms with Crippen LogP contribution in [0.5, 0.6) is 0 Å². The summed E-state index contributed by atoms with van der Waals surface area (Å²) in [6, 6.07) is 19.0. The van der Waals surface area contributed by atoms with Gasteiger partial charge >= 0.3 is 5.97 Å². The molecule has 0 spiro atoms. The zero-order valence-corrected chi connectivity index (χ0v) is 15.4. The van der Waals surface area contributed by atoms with E-state index in [1.807, 2.05) is 60.7 Å². The first kappa shape index (κ1) is 17.9. The minimum absolute atomic E-state index is 0.0829. The fraction of sp³-hybridized carbons (Fsp3) is 0.143. The average Bonchev–Trinajstić information content (AvgIpc) is 3.03. The molecule has 0 saturated carbocycles. The first-order chi connectivity index (χ1) is 12.6. The first-order valence-corrected chi connectivity index (χ1v) is 9.15. The number of benzene rings is 2. The van der Waals surface area contributed by atoms with Crippen LogP contribution in [0.3, 0.4) is 0 Å². The second kappa shape index (κ2) is 7.97. The van der Waals surface area contributed by atoms with E-state index in [9.17, 15) is 9.59 Å². The van der Waals surface area contributed by atoms with Crippen LogP contribution >= 0.6 is 11.3 Å². The van der Waals surface area contributed by atoms with Gasteiger partial charge in [0.15, 0.2) is 5.78 Å². The molecule has 1 aromatic heterocycles. The van der Waals surface area contributed by atoms with Gasteiger partial charge in [-0.3, -0.25) is 4.79 Å². The zero-order valence-electron chi connectivity index (χ0n) is 14.6. The van der Waals surface area contributed by atoms with Gasteiger partial charge in [0, 0.05) is 11.3 Å². The molecule has 0 amide bonds. The van der Waals surface area contributed by atoms with Crippen molar-refractivity contribution in [2.75, 3.05) is 11.9 Å². The van der Waals surface area contributed by atoms with Crippen molar-refractivity contribution in [3.8, 4) is 11.1 Å². The van der Waals surface area contributed by atoms with Crippen LogP contribution in [-0.4, -0.2) is 18.4 Å². The normalized spacial score (nSPS) is 10.4. The summed E-state index contributed by atoms with van der Waals surface area (Å²) in [6.07, 6.45) is 0. The third-order valence-corrected chi connectivity index (χ3v) is 5.01. The van der Waals surface area contributed by atoms with Crippen molar-refractivity contribution in [3.63, 3.8) is 0 Å². The van der Waals surface area contributed by atoms with E-state index in [1.54, 1.807) is 6.92 Å². The molecule has 4 nitrogen and oxygen atoms in total. The van der Waals surface area contributed by atoms with Crippen LogP contribution in [0.4, 0.5) is 10.7 Å². The van der Waals surface area contributed by atoms with Gasteiger partial charge in [-0.05, 0) is 31.5 Å². The monoisotopic (exact) mass is 365 g/mol. The molecule has 2 aromatic carbocycles. The molecule has 1 N–H and O–H groups in total. The second-order valence-corrected chi connectivity index (χ2v) is 6.66. The number of rotatable bonds is 6. The van der Waals surface area contributed by atoms with E-state index < -0.39 is 5.97 Å². The van der Waals surface area contributed by atoms with Crippen LogP contribution in [0.2, 0.25) is 0 Å². The van der Waals surface area contributed by atoms with E-state index in [1.165, 1.54) is 18.3 Å². The number of para-hydroxylation sites is 1. The predicted molar refractivity (Wildman–Crippen MR) is 105 cm³/mol. The molecule has 0 fully saturated rings. The Morgan fingerprint density at radius 1 is 1.00 bits per heavy atom. The molecule has 0 bridgehead atoms. The molecule has 0 atom stereocenters. The fourth-order valence-corrected chi connectivity index (χ4v) is 3.82. The smallest absolute Gasteiger partial charge is 0.341 e. The van der Waals surface area contributed by atoms with Crippen molar-refractivity contribution in [2.24, 2.45) is 0 Å². The van der Waals surface area contributed by atoms with Gasteiger partial charge in [-0.1, -0.05) is 48.5 Å². The Morgan fingerprint density at radius 3 is 2.19 bits per heavy atom. The Labute approximate surface area is 156 Å². The largest absolute Gasteiger partial charge is 0.462 e. The number of ether oxygens (including phenoxy) is 1. The van der Waals surface area contributed by atoms with Gasteiger partial charge in [-0.25, -0.2) is 4.79 Å². The molecule has 3 aromatic rings. The lowest BCUT2D eigenvalue weighted by atomic mass is 10.00. The molecule has 5 heteroatoms. The summed E-state index contributed by atoms with van der Waals surface area (Å²) in [6.45, 7) is 3.55. The third-order valence-electron chi connectivity index (χ3n) is 3.80. The van der Waals surface area contributed by atoms with Crippen molar-refractivity contribution in [1.82, 2.24) is 0 Å². The molecule has 26 heavy (non-hydrogen) atoms. The summed E-state index contributed by atoms with van der Waals surface area (Å²) in [5, 5.41) is 3.87. The quantitative estimate of drug-likeness (QED) is 0.460. The highest BCUT2D eigenvalue weighted by atomic mass is 32.1. The van der Waals surface area contributed by atoms with Crippen molar-refractivity contribution in [1.29, 1.82) is 0 Å². The van der Waals surface area contributed by atoms with Gasteiger partial charge in [-0.2, -0.15) is 0 Å². The summed E-state index contributed by atoms with van der Waals surface area (Å²) >= 11 is 1.28. The maximum Gasteiger partial charge on any atom is 0.341 e. The first-order valence-electron chi connectivity index (χ1n) is 8.34. The number of carbonyl (C=O) groups is 2. The number of hydrogen-bond acceptors (Lipinski definition) is 5. The molecular formula is C21H19NO3S. The molecule has 0 unspecified atom stereocenters. The predicted octanol–water partition coefficient (Wildman–Crippen LogP) is 5.54. The molecule has 132 valence electrons. The lowest BCUT2D eigenvalue weighted by Gasteiger charge is -2.09. The minimum atomic E-state index is -0.437. The van der Waals surface area contributed by atoms with E-state index in [0.717, 1.165) is 11.3 Å². The van der Waals surface area contributed by atoms with E-state index in [-0.39, 0.29) is 12.4 Å². The summed E-state index contributed by atoms with van der Waals surface area (Å²) in [4.78, 5) is 25.5. The number of nitrogens with one attached hydrogen (secondary N) is 1. The van der Waals surface area contributed by atoms with Crippen LogP contribution in [0, 0.1) is 0 Å². The third kappa shape index (κ3) is 3.68. The number of anilines is 2. The molecule has 0 aliphatic rings. The maximum atomic E-state index is 12.7. The number of hydrogen-bond donors (Lipinski definition) is 1. The molecule has 0 aliphatic carbocycles. The van der Waals surface area contributed by atoms with Crippen LogP contribution in [0.1, 0.15) is 33.9 Å². The highest BCUT2D eigenvalue weighted by Crippen LogP contribution is 2.42. The van der Waals surface area contributed by atoms with E-state index in [0.29, 0.717) is 21.0 Å². The topological polar surface area (TPSA) is 55.4 Å². The SMILES string of the molecule is CCOC(=O)c1c(Nc2ccccc2)sc(C(C)=O)c1-c1ccccc1. The highest BCUT2D eigenvalue weighted by molar-refractivity contribution is 7.19. The Balaban J connectivity index is 2.20. The van der Waals surface area contributed by atoms with Gasteiger partial charge < -0.3 is 10.1 Å². The van der Waals surface area contributed by atoms with Crippen molar-refractivity contribution < 1.29 is 14.3 Å². The van der Waals surface area contributed by atoms with Crippen LogP contribution in [0.15, 0.2) is 60.7 Å². The van der Waals surface area contributed by atoms with E-state index in [4.69, 9.17) is 4.74 Å². The standard InChI is InChI=1S/C21H19NO3S/c1-3-25-21(24)18-17(15-10-6-4-7-11-15)19(14(2)23)26-20(18)22-16-12-8-5-9-13-16/h4-13,22H,3H2,1-2H3. The Morgan fingerprint density at radius 2 is 1.62 bits per heavy atom. The number of Topliss-reactive ketones (excluding diaryl/α,β-unsaturated/α-hetero) is 1. The summed E-state index contributed by atoms with van der Waals surface area (Å²) < 4.78 is 5.28. The average molecular weight is 365 g/mol. The number of thiophene rings is 1. The van der Waals surface area contributed by atoms with E-state index in [2.05, 4.69) is 5.32 Å². The van der Waals surface area contributed by atoms with Crippen LogP contribution < -0.4 is 5.32 Å². The second-order valence-electron chi connectivity index (χ2n) is 5.64. The van der Waals surface area contributed by atoms with E-state index >= 15 is 0 Å². The van der Waals surface area contributed by atoms with Gasteiger partial charge in [0.2, 0.25) is 0 Å². The van der Waals surface area contributed by atoms with Gasteiger partial charge in [-0.15, -0.1) is 11.3 Å². The minimum Gasteiger partial charge on any atom is -0.462 e. The van der Waals surface area contributed by atoms with Crippen LogP contribution in [-0.2, 0) is 4.74 Å². The lowest BCUT2D eigenvalue weighted by molar-refractivity contribution is 0.0529. The molecule has 1 heterocycles. The van der Waals surface area contributed by atoms with Gasteiger partial charge in [0.25, 0.3) is 0 Å². The molecule has 0 aliphatic heterocycles. The van der Waals surface area contributed by atoms with Crippen LogP contribution in [0.25, 0.3) is 11.1 Å². The maximum absolute atomic E-state index is 12.7. The highest BCUT2D eigenvalue weighted by Gasteiger charge is 2.27. The van der Waals surface area contributed by atoms with Crippen molar-refractivity contribution in [2.45, 2.75) is 13.8 Å². The van der Waals surface area contributed by atoms with Gasteiger partial charge in [0.1, 0.15) is 10.6 Å². The molecule has 0 saturated heterocycles. The molecule has 0 radical (unpaired) electrons. The Bertz CT molecular complexity index is 917. The van der Waals surface area contributed by atoms with Crippen molar-refractivity contribution in [3.05, 3.63) is 71.1 Å². The number of ketones is 1.